The zero-order valence-corrected chi connectivity index (χ0v) is 13.6. The van der Waals surface area contributed by atoms with Crippen molar-refractivity contribution < 1.29 is 9.59 Å². The van der Waals surface area contributed by atoms with E-state index in [2.05, 4.69) is 17.2 Å². The Labute approximate surface area is 132 Å². The number of aromatic nitrogens is 1. The number of hydrogen-bond acceptors (Lipinski definition) is 3. The second-order valence-electron chi connectivity index (χ2n) is 6.56. The Morgan fingerprint density at radius 3 is 2.77 bits per heavy atom. The molecule has 1 aromatic heterocycles. The monoisotopic (exact) mass is 303 g/mol. The van der Waals surface area contributed by atoms with Crippen molar-refractivity contribution in [3.63, 3.8) is 0 Å². The second kappa shape index (κ2) is 7.38. The van der Waals surface area contributed by atoms with Crippen molar-refractivity contribution in [3.8, 4) is 0 Å². The maximum atomic E-state index is 12.5. The van der Waals surface area contributed by atoms with E-state index in [9.17, 15) is 9.59 Å². The van der Waals surface area contributed by atoms with E-state index in [-0.39, 0.29) is 11.8 Å². The third kappa shape index (κ3) is 4.29. The Kier molecular flexibility index (Phi) is 5.52. The van der Waals surface area contributed by atoms with Crippen LogP contribution in [-0.2, 0) is 0 Å². The van der Waals surface area contributed by atoms with Crippen molar-refractivity contribution in [1.82, 2.24) is 15.2 Å². The van der Waals surface area contributed by atoms with Gasteiger partial charge in [0.2, 0.25) is 0 Å². The first-order chi connectivity index (χ1) is 10.5. The van der Waals surface area contributed by atoms with Gasteiger partial charge in [-0.2, -0.15) is 0 Å². The molecule has 1 aliphatic heterocycles. The van der Waals surface area contributed by atoms with Gasteiger partial charge >= 0.3 is 0 Å². The van der Waals surface area contributed by atoms with E-state index in [0.717, 1.165) is 19.5 Å². The van der Waals surface area contributed by atoms with Crippen LogP contribution < -0.4 is 5.32 Å². The van der Waals surface area contributed by atoms with Crippen LogP contribution in [0, 0.1) is 11.8 Å². The SMILES string of the molecule is CC(C)CNC(=O)c1cncc(C(=O)N2CCCC(C)C2)c1. The molecule has 1 N–H and O–H groups in total. The van der Waals surface area contributed by atoms with Crippen LogP contribution in [0.4, 0.5) is 0 Å². The van der Waals surface area contributed by atoms with Crippen molar-refractivity contribution >= 4 is 11.8 Å². The maximum Gasteiger partial charge on any atom is 0.255 e. The van der Waals surface area contributed by atoms with Gasteiger partial charge in [0.05, 0.1) is 11.1 Å². The van der Waals surface area contributed by atoms with E-state index in [1.807, 2.05) is 18.7 Å². The number of carbonyl (C=O) groups is 2. The van der Waals surface area contributed by atoms with Crippen molar-refractivity contribution in [2.75, 3.05) is 19.6 Å². The van der Waals surface area contributed by atoms with Crippen LogP contribution in [0.25, 0.3) is 0 Å². The van der Waals surface area contributed by atoms with E-state index in [1.165, 1.54) is 12.6 Å². The molecule has 2 rings (SSSR count). The molecule has 2 heterocycles. The summed E-state index contributed by atoms with van der Waals surface area (Å²) < 4.78 is 0. The van der Waals surface area contributed by atoms with Gasteiger partial charge in [-0.05, 0) is 30.7 Å². The number of rotatable bonds is 4. The second-order valence-corrected chi connectivity index (χ2v) is 6.56. The summed E-state index contributed by atoms with van der Waals surface area (Å²) in [6.07, 6.45) is 5.25. The van der Waals surface area contributed by atoms with Crippen molar-refractivity contribution in [3.05, 3.63) is 29.6 Å². The zero-order chi connectivity index (χ0) is 16.1. The fourth-order valence-electron chi connectivity index (χ4n) is 2.64. The highest BCUT2D eigenvalue weighted by Gasteiger charge is 2.22. The van der Waals surface area contributed by atoms with Gasteiger partial charge < -0.3 is 10.2 Å². The lowest BCUT2D eigenvalue weighted by atomic mass is 9.99. The van der Waals surface area contributed by atoms with Crippen molar-refractivity contribution in [1.29, 1.82) is 0 Å². The van der Waals surface area contributed by atoms with E-state index in [4.69, 9.17) is 0 Å². The van der Waals surface area contributed by atoms with Crippen LogP contribution >= 0.6 is 0 Å². The molecule has 1 saturated heterocycles. The van der Waals surface area contributed by atoms with Crippen LogP contribution in [0.1, 0.15) is 54.3 Å². The van der Waals surface area contributed by atoms with Crippen LogP contribution in [0.3, 0.4) is 0 Å². The summed E-state index contributed by atoms with van der Waals surface area (Å²) in [7, 11) is 0. The van der Waals surface area contributed by atoms with Gasteiger partial charge in [0.25, 0.3) is 11.8 Å². The molecule has 22 heavy (non-hydrogen) atoms. The van der Waals surface area contributed by atoms with Gasteiger partial charge in [0.1, 0.15) is 0 Å². The lowest BCUT2D eigenvalue weighted by Crippen LogP contribution is -2.39. The highest BCUT2D eigenvalue weighted by molar-refractivity contribution is 5.99. The van der Waals surface area contributed by atoms with Crippen LogP contribution in [0.5, 0.6) is 0 Å². The largest absolute Gasteiger partial charge is 0.352 e. The lowest BCUT2D eigenvalue weighted by molar-refractivity contribution is 0.0682. The number of likely N-dealkylation sites (tertiary alicyclic amines) is 1. The standard InChI is InChI=1S/C17H25N3O2/c1-12(2)8-19-16(21)14-7-15(10-18-9-14)17(22)20-6-4-5-13(3)11-20/h7,9-10,12-13H,4-6,8,11H2,1-3H3,(H,19,21). The predicted octanol–water partition coefficient (Wildman–Crippen LogP) is 2.34. The number of nitrogens with one attached hydrogen (secondary N) is 1. The maximum absolute atomic E-state index is 12.5. The molecule has 0 bridgehead atoms. The molecule has 1 unspecified atom stereocenters. The summed E-state index contributed by atoms with van der Waals surface area (Å²) in [6.45, 7) is 8.41. The predicted molar refractivity (Wildman–Crippen MR) is 85.7 cm³/mol. The minimum Gasteiger partial charge on any atom is -0.352 e. The van der Waals surface area contributed by atoms with Gasteiger partial charge in [-0.3, -0.25) is 14.6 Å². The fraction of sp³-hybridized carbons (Fsp3) is 0.588. The minimum atomic E-state index is -0.178. The van der Waals surface area contributed by atoms with E-state index in [1.54, 1.807) is 12.3 Å². The van der Waals surface area contributed by atoms with Gasteiger partial charge in [-0.1, -0.05) is 20.8 Å². The molecule has 1 aromatic rings. The number of nitrogens with zero attached hydrogens (tertiary/aromatic N) is 2. The smallest absolute Gasteiger partial charge is 0.255 e. The molecule has 0 spiro atoms. The summed E-state index contributed by atoms with van der Waals surface area (Å²) in [6, 6.07) is 1.64. The number of pyridine rings is 1. The van der Waals surface area contributed by atoms with Gasteiger partial charge in [-0.15, -0.1) is 0 Å². The lowest BCUT2D eigenvalue weighted by Gasteiger charge is -2.31. The Bertz CT molecular complexity index is 542. The molecule has 0 aromatic carbocycles. The molecule has 1 fully saturated rings. The first kappa shape index (κ1) is 16.5. The van der Waals surface area contributed by atoms with Crippen LogP contribution in [-0.4, -0.2) is 41.3 Å². The van der Waals surface area contributed by atoms with Gasteiger partial charge in [-0.25, -0.2) is 0 Å². The summed E-state index contributed by atoms with van der Waals surface area (Å²) in [5.41, 5.74) is 0.933. The Morgan fingerprint density at radius 1 is 1.36 bits per heavy atom. The fourth-order valence-corrected chi connectivity index (χ4v) is 2.64. The third-order valence-corrected chi connectivity index (χ3v) is 3.86. The first-order valence-electron chi connectivity index (χ1n) is 8.00. The molecule has 1 atom stereocenters. The average molecular weight is 303 g/mol. The summed E-state index contributed by atoms with van der Waals surface area (Å²) >= 11 is 0. The molecule has 5 nitrogen and oxygen atoms in total. The van der Waals surface area contributed by atoms with Crippen LogP contribution in [0.2, 0.25) is 0 Å². The highest BCUT2D eigenvalue weighted by Crippen LogP contribution is 2.18. The Balaban J connectivity index is 2.07. The van der Waals surface area contributed by atoms with Crippen LogP contribution in [0.15, 0.2) is 18.5 Å². The molecule has 0 aliphatic carbocycles. The molecule has 0 radical (unpaired) electrons. The van der Waals surface area contributed by atoms with Crippen molar-refractivity contribution in [2.24, 2.45) is 11.8 Å². The molecule has 2 amide bonds. The van der Waals surface area contributed by atoms with E-state index in [0.29, 0.717) is 29.5 Å². The number of carbonyl (C=O) groups excluding carboxylic acids is 2. The number of amides is 2. The normalized spacial score (nSPS) is 18.4. The number of hydrogen-bond donors (Lipinski definition) is 1. The summed E-state index contributed by atoms with van der Waals surface area (Å²) in [5, 5.41) is 2.85. The molecular formula is C17H25N3O2. The van der Waals surface area contributed by atoms with Crippen molar-refractivity contribution in [2.45, 2.75) is 33.6 Å². The summed E-state index contributed by atoms with van der Waals surface area (Å²) in [4.78, 5) is 30.5. The third-order valence-electron chi connectivity index (χ3n) is 3.86. The molecule has 1 aliphatic rings. The van der Waals surface area contributed by atoms with E-state index >= 15 is 0 Å². The minimum absolute atomic E-state index is 0.0300. The average Bonchev–Trinajstić information content (AvgIpc) is 2.52. The molecule has 0 saturated carbocycles. The topological polar surface area (TPSA) is 62.3 Å². The Hall–Kier alpha value is -1.91. The summed E-state index contributed by atoms with van der Waals surface area (Å²) in [5.74, 6) is 0.708. The number of piperidine rings is 1. The first-order valence-corrected chi connectivity index (χ1v) is 8.00. The zero-order valence-electron chi connectivity index (χ0n) is 13.6. The van der Waals surface area contributed by atoms with Gasteiger partial charge in [0, 0.05) is 32.0 Å². The molecule has 5 heteroatoms. The van der Waals surface area contributed by atoms with E-state index < -0.39 is 0 Å². The molecule has 120 valence electrons. The highest BCUT2D eigenvalue weighted by atomic mass is 16.2. The quantitative estimate of drug-likeness (QED) is 0.928. The molecular weight excluding hydrogens is 278 g/mol. The van der Waals surface area contributed by atoms with Gasteiger partial charge in [0.15, 0.2) is 0 Å². The Morgan fingerprint density at radius 2 is 2.09 bits per heavy atom.